The van der Waals surface area contributed by atoms with Gasteiger partial charge in [-0.25, -0.2) is 4.39 Å². The zero-order chi connectivity index (χ0) is 13.7. The predicted molar refractivity (Wildman–Crippen MR) is 65.3 cm³/mol. The maximum atomic E-state index is 13.5. The molecule has 0 amide bonds. The lowest BCUT2D eigenvalue weighted by Gasteiger charge is -2.11. The van der Waals surface area contributed by atoms with Crippen molar-refractivity contribution in [1.29, 1.82) is 0 Å². The van der Waals surface area contributed by atoms with Crippen molar-refractivity contribution in [2.24, 2.45) is 4.99 Å². The van der Waals surface area contributed by atoms with E-state index in [0.29, 0.717) is 17.5 Å². The van der Waals surface area contributed by atoms with Crippen molar-refractivity contribution >= 4 is 11.7 Å². The highest BCUT2D eigenvalue weighted by atomic mass is 19.3. The molecule has 0 bridgehead atoms. The summed E-state index contributed by atoms with van der Waals surface area (Å²) in [7, 11) is 1.19. The van der Waals surface area contributed by atoms with Crippen LogP contribution >= 0.6 is 0 Å². The fraction of sp³-hybridized carbons (Fsp3) is 0.308. The molecule has 0 saturated heterocycles. The van der Waals surface area contributed by atoms with Gasteiger partial charge >= 0.3 is 6.43 Å². The van der Waals surface area contributed by atoms with Crippen LogP contribution in [0.25, 0.3) is 5.76 Å². The van der Waals surface area contributed by atoms with Gasteiger partial charge in [0.2, 0.25) is 0 Å². The molecule has 1 aromatic rings. The lowest BCUT2D eigenvalue weighted by molar-refractivity contribution is 0.196. The molecule has 0 aliphatic heterocycles. The molecule has 0 aliphatic carbocycles. The van der Waals surface area contributed by atoms with Gasteiger partial charge in [0.05, 0.1) is 0 Å². The van der Waals surface area contributed by atoms with E-state index < -0.39 is 18.1 Å². The summed E-state index contributed by atoms with van der Waals surface area (Å²) >= 11 is 0. The Balaban J connectivity index is 2.88. The number of alkyl halides is 2. The highest BCUT2D eigenvalue weighted by Crippen LogP contribution is 2.19. The Morgan fingerprint density at radius 2 is 2.11 bits per heavy atom. The van der Waals surface area contributed by atoms with Gasteiger partial charge in [-0.2, -0.15) is 8.78 Å². The molecule has 0 heterocycles. The molecule has 2 nitrogen and oxygen atoms in total. The summed E-state index contributed by atoms with van der Waals surface area (Å²) in [5.41, 5.74) is 0.858. The topological polar surface area (TPSA) is 21.6 Å². The van der Waals surface area contributed by atoms with E-state index in [0.717, 1.165) is 0 Å². The van der Waals surface area contributed by atoms with Gasteiger partial charge in [0, 0.05) is 12.6 Å². The van der Waals surface area contributed by atoms with E-state index in [-0.39, 0.29) is 5.76 Å². The van der Waals surface area contributed by atoms with Gasteiger partial charge in [0.1, 0.15) is 11.6 Å². The zero-order valence-electron chi connectivity index (χ0n) is 10.2. The van der Waals surface area contributed by atoms with Crippen molar-refractivity contribution in [2.75, 3.05) is 7.05 Å². The van der Waals surface area contributed by atoms with E-state index in [1.807, 2.05) is 6.92 Å². The fourth-order valence-electron chi connectivity index (χ4n) is 1.38. The van der Waals surface area contributed by atoms with Crippen molar-refractivity contribution in [3.63, 3.8) is 0 Å². The van der Waals surface area contributed by atoms with E-state index in [1.165, 1.54) is 13.1 Å². The summed E-state index contributed by atoms with van der Waals surface area (Å²) in [6, 6.07) is 4.35. The van der Waals surface area contributed by atoms with E-state index >= 15 is 0 Å². The third-order valence-corrected chi connectivity index (χ3v) is 2.39. The second-order valence-electron chi connectivity index (χ2n) is 3.55. The Morgan fingerprint density at radius 3 is 2.56 bits per heavy atom. The number of aryl methyl sites for hydroxylation is 1. The maximum absolute atomic E-state index is 13.5. The minimum atomic E-state index is -2.83. The SMILES string of the molecule is C=C(OC(=NC)C(F)F)c1ccc(CC)c(F)c1. The number of nitrogens with zero attached hydrogens (tertiary/aromatic N) is 1. The lowest BCUT2D eigenvalue weighted by atomic mass is 10.1. The Hall–Kier alpha value is -1.78. The summed E-state index contributed by atoms with van der Waals surface area (Å²) in [5.74, 6) is -1.20. The quantitative estimate of drug-likeness (QED) is 0.458. The summed E-state index contributed by atoms with van der Waals surface area (Å²) in [5, 5.41) is 0. The molecule has 0 unspecified atom stereocenters. The number of halogens is 3. The van der Waals surface area contributed by atoms with Crippen molar-refractivity contribution in [1.82, 2.24) is 0 Å². The Bertz CT molecular complexity index is 469. The van der Waals surface area contributed by atoms with Gasteiger partial charge in [-0.3, -0.25) is 4.99 Å². The van der Waals surface area contributed by atoms with Crippen LogP contribution in [0.4, 0.5) is 13.2 Å². The van der Waals surface area contributed by atoms with Crippen LogP contribution in [0.3, 0.4) is 0 Å². The molecule has 18 heavy (non-hydrogen) atoms. The smallest absolute Gasteiger partial charge is 0.312 e. The monoisotopic (exact) mass is 257 g/mol. The summed E-state index contributed by atoms with van der Waals surface area (Å²) in [6.45, 7) is 5.31. The standard InChI is InChI=1S/C13H14F3NO/c1-4-9-5-6-10(7-11(9)14)8(2)18-13(17-3)12(15)16/h5-7,12H,2,4H2,1,3H3. The van der Waals surface area contributed by atoms with Gasteiger partial charge in [-0.15, -0.1) is 0 Å². The Morgan fingerprint density at radius 1 is 1.44 bits per heavy atom. The normalized spacial score (nSPS) is 11.8. The van der Waals surface area contributed by atoms with E-state index in [1.54, 1.807) is 12.1 Å². The molecule has 0 radical (unpaired) electrons. The van der Waals surface area contributed by atoms with Crippen LogP contribution in [-0.2, 0) is 11.2 Å². The van der Waals surface area contributed by atoms with Crippen LogP contribution in [0.15, 0.2) is 29.8 Å². The first-order chi connectivity index (χ1) is 8.49. The summed E-state index contributed by atoms with van der Waals surface area (Å²) in [6.07, 6.45) is -2.27. The van der Waals surface area contributed by atoms with Crippen LogP contribution in [0.2, 0.25) is 0 Å². The van der Waals surface area contributed by atoms with E-state index in [9.17, 15) is 13.2 Å². The molecule has 5 heteroatoms. The average Bonchev–Trinajstić information content (AvgIpc) is 2.35. The Labute approximate surface area is 104 Å². The zero-order valence-corrected chi connectivity index (χ0v) is 10.2. The minimum absolute atomic E-state index is 0.0579. The van der Waals surface area contributed by atoms with Crippen molar-refractivity contribution < 1.29 is 17.9 Å². The predicted octanol–water partition coefficient (Wildman–Crippen LogP) is 3.67. The molecular formula is C13H14F3NO. The molecule has 0 spiro atoms. The maximum Gasteiger partial charge on any atom is 0.312 e. The van der Waals surface area contributed by atoms with Crippen LogP contribution in [0, 0.1) is 5.82 Å². The van der Waals surface area contributed by atoms with Crippen molar-refractivity contribution in [3.8, 4) is 0 Å². The highest BCUT2D eigenvalue weighted by Gasteiger charge is 2.16. The molecule has 1 aromatic carbocycles. The van der Waals surface area contributed by atoms with Crippen LogP contribution in [0.1, 0.15) is 18.1 Å². The minimum Gasteiger partial charge on any atom is -0.438 e. The van der Waals surface area contributed by atoms with Gasteiger partial charge in [0.15, 0.2) is 0 Å². The fourth-order valence-corrected chi connectivity index (χ4v) is 1.38. The summed E-state index contributed by atoms with van der Waals surface area (Å²) in [4.78, 5) is 3.30. The molecule has 0 atom stereocenters. The molecule has 98 valence electrons. The van der Waals surface area contributed by atoms with Crippen molar-refractivity contribution in [3.05, 3.63) is 41.7 Å². The molecule has 0 aliphatic rings. The number of ether oxygens (including phenoxy) is 1. The second-order valence-corrected chi connectivity index (χ2v) is 3.55. The van der Waals surface area contributed by atoms with Crippen LogP contribution in [0.5, 0.6) is 0 Å². The number of benzene rings is 1. The highest BCUT2D eigenvalue weighted by molar-refractivity contribution is 5.84. The number of rotatable bonds is 4. The van der Waals surface area contributed by atoms with E-state index in [2.05, 4.69) is 11.6 Å². The largest absolute Gasteiger partial charge is 0.438 e. The molecule has 0 fully saturated rings. The second kappa shape index (κ2) is 6.23. The lowest BCUT2D eigenvalue weighted by Crippen LogP contribution is -2.14. The number of aliphatic imine (C=N–C) groups is 1. The summed E-state index contributed by atoms with van der Waals surface area (Å²) < 4.78 is 43.1. The molecule has 0 N–H and O–H groups in total. The molecule has 0 aromatic heterocycles. The number of hydrogen-bond acceptors (Lipinski definition) is 2. The van der Waals surface area contributed by atoms with Gasteiger partial charge < -0.3 is 4.74 Å². The van der Waals surface area contributed by atoms with Crippen LogP contribution < -0.4 is 0 Å². The first-order valence-electron chi connectivity index (χ1n) is 5.40. The van der Waals surface area contributed by atoms with Crippen molar-refractivity contribution in [2.45, 2.75) is 19.8 Å². The number of hydrogen-bond donors (Lipinski definition) is 0. The van der Waals surface area contributed by atoms with Gasteiger partial charge in [-0.1, -0.05) is 25.6 Å². The first-order valence-corrected chi connectivity index (χ1v) is 5.40. The Kier molecular flexibility index (Phi) is 4.95. The average molecular weight is 257 g/mol. The van der Waals surface area contributed by atoms with Gasteiger partial charge in [-0.05, 0) is 18.1 Å². The third-order valence-electron chi connectivity index (χ3n) is 2.39. The molecule has 1 rings (SSSR count). The van der Waals surface area contributed by atoms with Gasteiger partial charge in [0.25, 0.3) is 5.90 Å². The first kappa shape index (κ1) is 14.3. The third kappa shape index (κ3) is 3.35. The molecular weight excluding hydrogens is 243 g/mol. The van der Waals surface area contributed by atoms with Crippen LogP contribution in [-0.4, -0.2) is 19.4 Å². The van der Waals surface area contributed by atoms with E-state index in [4.69, 9.17) is 4.74 Å². The molecule has 0 saturated carbocycles.